The average molecular weight is 445 g/mol. The minimum absolute atomic E-state index is 0.159. The van der Waals surface area contributed by atoms with Crippen LogP contribution in [0, 0.1) is 6.92 Å². The topological polar surface area (TPSA) is 59.0 Å². The molecule has 0 atom stereocenters. The summed E-state index contributed by atoms with van der Waals surface area (Å²) in [7, 11) is 1.20. The standard InChI is InChI=1S/C16H15Br2NO4/c1-10-6-7-15(13(18)8-10)23-9-11-12(17)4-3-5-14(11)19(21)16(20)22-2/h3-8,21H,9H2,1-2H3. The van der Waals surface area contributed by atoms with Gasteiger partial charge in [0.1, 0.15) is 12.4 Å². The average Bonchev–Trinajstić information content (AvgIpc) is 2.53. The van der Waals surface area contributed by atoms with Crippen LogP contribution in [0.3, 0.4) is 0 Å². The van der Waals surface area contributed by atoms with E-state index in [1.807, 2.05) is 25.1 Å². The van der Waals surface area contributed by atoms with E-state index in [-0.39, 0.29) is 12.3 Å². The Bertz CT molecular complexity index is 721. The Hall–Kier alpha value is -1.57. The number of halogens is 2. The van der Waals surface area contributed by atoms with Gasteiger partial charge in [-0.05, 0) is 52.7 Å². The Morgan fingerprint density at radius 3 is 2.61 bits per heavy atom. The van der Waals surface area contributed by atoms with E-state index in [1.165, 1.54) is 7.11 Å². The molecule has 0 aromatic heterocycles. The van der Waals surface area contributed by atoms with Crippen LogP contribution >= 0.6 is 31.9 Å². The number of hydroxylamine groups is 1. The summed E-state index contributed by atoms with van der Waals surface area (Å²) in [5.74, 6) is 0.667. The predicted molar refractivity (Wildman–Crippen MR) is 94.0 cm³/mol. The number of carbonyl (C=O) groups excluding carboxylic acids is 1. The Balaban J connectivity index is 2.27. The summed E-state index contributed by atoms with van der Waals surface area (Å²) in [6.07, 6.45) is -0.874. The van der Waals surface area contributed by atoms with Gasteiger partial charge in [0.05, 0.1) is 17.3 Å². The second-order valence-corrected chi connectivity index (χ2v) is 6.45. The molecule has 0 saturated heterocycles. The van der Waals surface area contributed by atoms with Gasteiger partial charge in [-0.1, -0.05) is 28.1 Å². The number of nitrogens with zero attached hydrogens (tertiary/aromatic N) is 1. The molecule has 0 aliphatic heterocycles. The Kier molecular flexibility index (Phi) is 6.04. The molecule has 2 aromatic rings. The molecule has 1 amide bonds. The minimum Gasteiger partial charge on any atom is -0.488 e. The van der Waals surface area contributed by atoms with Crippen molar-refractivity contribution in [1.82, 2.24) is 0 Å². The molecule has 5 nitrogen and oxygen atoms in total. The SMILES string of the molecule is COC(=O)N(O)c1cccc(Br)c1COc1ccc(C)cc1Br. The summed E-state index contributed by atoms with van der Waals surface area (Å²) >= 11 is 6.86. The number of aryl methyl sites for hydroxylation is 1. The molecule has 1 N–H and O–H groups in total. The zero-order valence-corrected chi connectivity index (χ0v) is 15.7. The first-order chi connectivity index (χ1) is 10.9. The molecule has 7 heteroatoms. The Labute approximate surface area is 151 Å². The highest BCUT2D eigenvalue weighted by molar-refractivity contribution is 9.10. The molecule has 0 spiro atoms. The van der Waals surface area contributed by atoms with Crippen LogP contribution in [0.2, 0.25) is 0 Å². The third-order valence-corrected chi connectivity index (χ3v) is 4.49. The monoisotopic (exact) mass is 443 g/mol. The number of hydrogen-bond donors (Lipinski definition) is 1. The second kappa shape index (κ2) is 7.81. The molecule has 0 aliphatic carbocycles. The first kappa shape index (κ1) is 17.8. The quantitative estimate of drug-likeness (QED) is 0.528. The van der Waals surface area contributed by atoms with Crippen LogP contribution in [0.5, 0.6) is 5.75 Å². The molecule has 2 rings (SSSR count). The maximum absolute atomic E-state index is 11.5. The van der Waals surface area contributed by atoms with Gasteiger partial charge in [0.25, 0.3) is 0 Å². The van der Waals surface area contributed by atoms with Crippen molar-refractivity contribution >= 4 is 43.6 Å². The second-order valence-electron chi connectivity index (χ2n) is 4.74. The lowest BCUT2D eigenvalue weighted by molar-refractivity contribution is 0.140. The van der Waals surface area contributed by atoms with E-state index in [0.29, 0.717) is 20.8 Å². The summed E-state index contributed by atoms with van der Waals surface area (Å²) in [5.41, 5.74) is 2.01. The third-order valence-electron chi connectivity index (χ3n) is 3.13. The van der Waals surface area contributed by atoms with Crippen LogP contribution in [0.15, 0.2) is 45.3 Å². The molecular weight excluding hydrogens is 430 g/mol. The smallest absolute Gasteiger partial charge is 0.438 e. The number of carbonyl (C=O) groups is 1. The predicted octanol–water partition coefficient (Wildman–Crippen LogP) is 5.06. The van der Waals surface area contributed by atoms with Crippen molar-refractivity contribution in [2.24, 2.45) is 0 Å². The fourth-order valence-corrected chi connectivity index (χ4v) is 3.02. The zero-order chi connectivity index (χ0) is 17.0. The van der Waals surface area contributed by atoms with Gasteiger partial charge in [-0.2, -0.15) is 5.06 Å². The van der Waals surface area contributed by atoms with E-state index >= 15 is 0 Å². The van der Waals surface area contributed by atoms with Gasteiger partial charge in [-0.15, -0.1) is 0 Å². The van der Waals surface area contributed by atoms with Crippen LogP contribution in [0.25, 0.3) is 0 Å². The van der Waals surface area contributed by atoms with Gasteiger partial charge >= 0.3 is 6.09 Å². The van der Waals surface area contributed by atoms with Gasteiger partial charge < -0.3 is 9.47 Å². The highest BCUT2D eigenvalue weighted by Gasteiger charge is 2.19. The summed E-state index contributed by atoms with van der Waals surface area (Å²) in [4.78, 5) is 11.5. The van der Waals surface area contributed by atoms with Crippen molar-refractivity contribution in [3.8, 4) is 5.75 Å². The molecule has 0 heterocycles. The number of benzene rings is 2. The van der Waals surface area contributed by atoms with E-state index in [4.69, 9.17) is 4.74 Å². The van der Waals surface area contributed by atoms with Crippen molar-refractivity contribution in [3.05, 3.63) is 56.5 Å². The van der Waals surface area contributed by atoms with Gasteiger partial charge in [0, 0.05) is 10.0 Å². The third kappa shape index (κ3) is 4.25. The van der Waals surface area contributed by atoms with Crippen molar-refractivity contribution in [2.75, 3.05) is 12.2 Å². The largest absolute Gasteiger partial charge is 0.488 e. The van der Waals surface area contributed by atoms with Crippen LogP contribution in [-0.4, -0.2) is 18.4 Å². The number of methoxy groups -OCH3 is 1. The van der Waals surface area contributed by atoms with Gasteiger partial charge in [-0.3, -0.25) is 5.21 Å². The zero-order valence-electron chi connectivity index (χ0n) is 12.5. The highest BCUT2D eigenvalue weighted by atomic mass is 79.9. The summed E-state index contributed by atoms with van der Waals surface area (Å²) in [6.45, 7) is 2.15. The van der Waals surface area contributed by atoms with Crippen LogP contribution in [0.1, 0.15) is 11.1 Å². The fraction of sp³-hybridized carbons (Fsp3) is 0.188. The molecule has 0 radical (unpaired) electrons. The molecule has 0 saturated carbocycles. The van der Waals surface area contributed by atoms with Crippen molar-refractivity contribution in [3.63, 3.8) is 0 Å². The molecular formula is C16H15Br2NO4. The normalized spacial score (nSPS) is 10.3. The van der Waals surface area contributed by atoms with E-state index in [9.17, 15) is 10.0 Å². The van der Waals surface area contributed by atoms with Crippen LogP contribution < -0.4 is 9.80 Å². The number of rotatable bonds is 4. The van der Waals surface area contributed by atoms with E-state index in [1.54, 1.807) is 18.2 Å². The number of amides is 1. The number of ether oxygens (including phenoxy) is 2. The van der Waals surface area contributed by atoms with Crippen molar-refractivity contribution in [2.45, 2.75) is 13.5 Å². The summed E-state index contributed by atoms with van der Waals surface area (Å²) in [6, 6.07) is 10.9. The Morgan fingerprint density at radius 1 is 1.22 bits per heavy atom. The fourth-order valence-electron chi connectivity index (χ4n) is 1.95. The highest BCUT2D eigenvalue weighted by Crippen LogP contribution is 2.31. The molecule has 0 fully saturated rings. The molecule has 23 heavy (non-hydrogen) atoms. The van der Waals surface area contributed by atoms with Gasteiger partial charge in [-0.25, -0.2) is 4.79 Å². The molecule has 2 aromatic carbocycles. The molecule has 0 unspecified atom stereocenters. The van der Waals surface area contributed by atoms with E-state index in [0.717, 1.165) is 10.0 Å². The lowest BCUT2D eigenvalue weighted by Gasteiger charge is -2.19. The first-order valence-corrected chi connectivity index (χ1v) is 8.26. The Morgan fingerprint density at radius 2 is 1.96 bits per heavy atom. The van der Waals surface area contributed by atoms with Crippen LogP contribution in [-0.2, 0) is 11.3 Å². The molecule has 0 aliphatic rings. The molecule has 0 bridgehead atoms. The minimum atomic E-state index is -0.874. The maximum Gasteiger partial charge on any atom is 0.438 e. The van der Waals surface area contributed by atoms with Gasteiger partial charge in [0.2, 0.25) is 0 Å². The van der Waals surface area contributed by atoms with Crippen LogP contribution in [0.4, 0.5) is 10.5 Å². The van der Waals surface area contributed by atoms with E-state index in [2.05, 4.69) is 36.6 Å². The lowest BCUT2D eigenvalue weighted by Crippen LogP contribution is -2.28. The van der Waals surface area contributed by atoms with Crippen molar-refractivity contribution in [1.29, 1.82) is 0 Å². The first-order valence-electron chi connectivity index (χ1n) is 6.67. The lowest BCUT2D eigenvalue weighted by atomic mass is 10.2. The van der Waals surface area contributed by atoms with E-state index < -0.39 is 6.09 Å². The summed E-state index contributed by atoms with van der Waals surface area (Å²) < 4.78 is 11.9. The maximum atomic E-state index is 11.5. The van der Waals surface area contributed by atoms with Gasteiger partial charge in [0.15, 0.2) is 0 Å². The number of anilines is 1. The molecule has 122 valence electrons. The number of hydrogen-bond acceptors (Lipinski definition) is 4. The van der Waals surface area contributed by atoms with Crippen molar-refractivity contribution < 1.29 is 19.5 Å². The summed E-state index contributed by atoms with van der Waals surface area (Å²) in [5, 5.41) is 10.4.